The smallest absolute Gasteiger partial charge is 0.296 e. The average molecular weight is 504 g/mol. The third-order valence-corrected chi connectivity index (χ3v) is 7.09. The normalized spacial score (nSPS) is 13.4. The number of anilines is 3. The first kappa shape index (κ1) is 23.5. The van der Waals surface area contributed by atoms with Crippen LogP contribution < -0.4 is 16.8 Å². The summed E-state index contributed by atoms with van der Waals surface area (Å²) in [5.41, 5.74) is 9.82. The van der Waals surface area contributed by atoms with Gasteiger partial charge in [-0.15, -0.1) is 0 Å². The third kappa shape index (κ3) is 3.85. The number of carbonyl (C=O) groups excluding carboxylic acids is 2. The molecule has 176 valence electrons. The summed E-state index contributed by atoms with van der Waals surface area (Å²) in [4.78, 5) is 25.0. The predicted octanol–water partition coefficient (Wildman–Crippen LogP) is 1.74. The second-order valence-electron chi connectivity index (χ2n) is 7.40. The molecule has 0 saturated carbocycles. The minimum atomic E-state index is -4.96. The van der Waals surface area contributed by atoms with Crippen LogP contribution in [0.15, 0.2) is 58.3 Å². The van der Waals surface area contributed by atoms with Crippen molar-refractivity contribution in [3.05, 3.63) is 76.3 Å². The first-order valence-corrected chi connectivity index (χ1v) is 12.4. The summed E-state index contributed by atoms with van der Waals surface area (Å²) in [5, 5.41) is 2.60. The predicted molar refractivity (Wildman–Crippen MR) is 121 cm³/mol. The van der Waals surface area contributed by atoms with E-state index in [-0.39, 0.29) is 34.6 Å². The second kappa shape index (κ2) is 8.00. The Morgan fingerprint density at radius 3 is 1.85 bits per heavy atom. The number of rotatable bonds is 5. The highest BCUT2D eigenvalue weighted by Crippen LogP contribution is 2.40. The van der Waals surface area contributed by atoms with Crippen LogP contribution in [-0.4, -0.2) is 37.5 Å². The van der Waals surface area contributed by atoms with Gasteiger partial charge in [0.05, 0.1) is 28.2 Å². The van der Waals surface area contributed by atoms with Gasteiger partial charge in [0.25, 0.3) is 20.2 Å². The second-order valence-corrected chi connectivity index (χ2v) is 10.2. The van der Waals surface area contributed by atoms with Gasteiger partial charge >= 0.3 is 0 Å². The van der Waals surface area contributed by atoms with Crippen molar-refractivity contribution < 1.29 is 35.5 Å². The Hall–Kier alpha value is -3.62. The molecule has 0 heterocycles. The van der Waals surface area contributed by atoms with Crippen LogP contribution in [-0.2, 0) is 26.8 Å². The van der Waals surface area contributed by atoms with Gasteiger partial charge in [0.1, 0.15) is 9.79 Å². The van der Waals surface area contributed by atoms with E-state index in [1.165, 1.54) is 36.4 Å². The molecule has 4 rings (SSSR count). The lowest BCUT2D eigenvalue weighted by atomic mass is 9.82. The zero-order chi connectivity index (χ0) is 25.0. The number of hydrogen-bond donors (Lipinski definition) is 5. The maximum atomic E-state index is 13.3. The lowest BCUT2D eigenvalue weighted by Crippen LogP contribution is -2.25. The van der Waals surface area contributed by atoms with Crippen LogP contribution in [0.1, 0.15) is 37.4 Å². The molecule has 0 unspecified atom stereocenters. The van der Waals surface area contributed by atoms with Crippen molar-refractivity contribution in [1.82, 2.24) is 0 Å². The Bertz CT molecular complexity index is 1610. The van der Waals surface area contributed by atoms with Crippen molar-refractivity contribution in [3.8, 4) is 0 Å². The summed E-state index contributed by atoms with van der Waals surface area (Å²) in [6.07, 6.45) is 0. The third-order valence-electron chi connectivity index (χ3n) is 5.31. The van der Waals surface area contributed by atoms with Gasteiger partial charge in [0.15, 0.2) is 11.6 Å². The molecule has 0 spiro atoms. The Morgan fingerprint density at radius 1 is 0.765 bits per heavy atom. The number of nitrogens with two attached hydrogens (primary N) is 2. The fourth-order valence-electron chi connectivity index (χ4n) is 3.76. The number of nitrogen functional groups attached to an aromatic ring is 1. The Labute approximate surface area is 193 Å². The molecular formula is C21H17N3O8S2. The van der Waals surface area contributed by atoms with Crippen LogP contribution >= 0.6 is 0 Å². The highest BCUT2D eigenvalue weighted by Gasteiger charge is 2.36. The number of hydrogen-bond acceptors (Lipinski definition) is 9. The molecule has 7 N–H and O–H groups in total. The van der Waals surface area contributed by atoms with Gasteiger partial charge in [-0.25, -0.2) is 0 Å². The average Bonchev–Trinajstić information content (AvgIpc) is 2.77. The van der Waals surface area contributed by atoms with Crippen LogP contribution in [0.25, 0.3) is 0 Å². The molecule has 0 aliphatic heterocycles. The van der Waals surface area contributed by atoms with E-state index in [0.29, 0.717) is 5.56 Å². The van der Waals surface area contributed by atoms with Crippen molar-refractivity contribution in [3.63, 3.8) is 0 Å². The molecule has 0 fully saturated rings. The Morgan fingerprint density at radius 2 is 1.32 bits per heavy atom. The van der Waals surface area contributed by atoms with Gasteiger partial charge in [-0.3, -0.25) is 18.7 Å². The summed E-state index contributed by atoms with van der Waals surface area (Å²) in [5.74, 6) is -1.45. The Kier molecular flexibility index (Phi) is 5.54. The summed E-state index contributed by atoms with van der Waals surface area (Å²) in [6.45, 7) is -0.0449. The minimum Gasteiger partial charge on any atom is -0.397 e. The minimum absolute atomic E-state index is 0.0175. The van der Waals surface area contributed by atoms with Crippen molar-refractivity contribution in [2.45, 2.75) is 16.3 Å². The number of benzene rings is 3. The van der Waals surface area contributed by atoms with E-state index in [0.717, 1.165) is 12.1 Å². The topological polar surface area (TPSA) is 207 Å². The zero-order valence-corrected chi connectivity index (χ0v) is 18.8. The van der Waals surface area contributed by atoms with Crippen molar-refractivity contribution >= 4 is 48.9 Å². The number of fused-ring (bicyclic) bond motifs is 2. The van der Waals surface area contributed by atoms with Crippen molar-refractivity contribution in [2.24, 2.45) is 5.73 Å². The molecule has 3 aromatic rings. The van der Waals surface area contributed by atoms with Gasteiger partial charge in [-0.1, -0.05) is 30.3 Å². The molecule has 0 aromatic heterocycles. The van der Waals surface area contributed by atoms with E-state index in [9.17, 15) is 35.5 Å². The van der Waals surface area contributed by atoms with Gasteiger partial charge in [0.2, 0.25) is 0 Å². The molecule has 11 nitrogen and oxygen atoms in total. The standard InChI is InChI=1S/C21H17N3O8S2/c22-9-10-5-6-13(15(7-10)33(27,28)29)24-14-8-16(34(30,31)32)19(23)18-17(14)20(25)11-3-1-2-4-12(11)21(18)26/h1-8,24H,9,22-23H2,(H,27,28,29)(H,30,31,32). The van der Waals surface area contributed by atoms with Gasteiger partial charge in [-0.05, 0) is 23.8 Å². The number of carbonyl (C=O) groups is 2. The largest absolute Gasteiger partial charge is 0.397 e. The zero-order valence-electron chi connectivity index (χ0n) is 17.1. The molecule has 34 heavy (non-hydrogen) atoms. The quantitative estimate of drug-likeness (QED) is 0.196. The summed E-state index contributed by atoms with van der Waals surface area (Å²) in [6, 6.07) is 10.4. The monoisotopic (exact) mass is 503 g/mol. The van der Waals surface area contributed by atoms with E-state index >= 15 is 0 Å². The Balaban J connectivity index is 2.04. The van der Waals surface area contributed by atoms with E-state index in [4.69, 9.17) is 11.5 Å². The summed E-state index contributed by atoms with van der Waals surface area (Å²) in [7, 11) is -9.75. The lowest BCUT2D eigenvalue weighted by Gasteiger charge is -2.24. The summed E-state index contributed by atoms with van der Waals surface area (Å²) >= 11 is 0. The van der Waals surface area contributed by atoms with Crippen LogP contribution in [0, 0.1) is 0 Å². The fraction of sp³-hybridized carbons (Fsp3) is 0.0476. The summed E-state index contributed by atoms with van der Waals surface area (Å²) < 4.78 is 67.2. The molecule has 0 bridgehead atoms. The molecule has 0 radical (unpaired) electrons. The molecule has 1 aliphatic carbocycles. The van der Waals surface area contributed by atoms with Crippen LogP contribution in [0.2, 0.25) is 0 Å². The van der Waals surface area contributed by atoms with Crippen LogP contribution in [0.4, 0.5) is 17.1 Å². The van der Waals surface area contributed by atoms with E-state index in [1.54, 1.807) is 0 Å². The molecule has 13 heteroatoms. The lowest BCUT2D eigenvalue weighted by molar-refractivity contribution is 0.0980. The highest BCUT2D eigenvalue weighted by molar-refractivity contribution is 7.86. The number of ketones is 2. The molecule has 1 aliphatic rings. The van der Waals surface area contributed by atoms with E-state index in [1.807, 2.05) is 0 Å². The van der Waals surface area contributed by atoms with Gasteiger partial charge in [-0.2, -0.15) is 16.8 Å². The van der Waals surface area contributed by atoms with Crippen LogP contribution in [0.3, 0.4) is 0 Å². The SMILES string of the molecule is NCc1ccc(Nc2cc(S(=O)(=O)O)c(N)c3c2C(=O)c2ccccc2C3=O)c(S(=O)(=O)O)c1. The van der Waals surface area contributed by atoms with E-state index < -0.39 is 52.8 Å². The van der Waals surface area contributed by atoms with Crippen LogP contribution in [0.5, 0.6) is 0 Å². The molecule has 3 aromatic carbocycles. The number of nitrogens with one attached hydrogen (secondary N) is 1. The van der Waals surface area contributed by atoms with Crippen molar-refractivity contribution in [1.29, 1.82) is 0 Å². The molecule has 0 amide bonds. The first-order chi connectivity index (χ1) is 15.8. The van der Waals surface area contributed by atoms with Gasteiger partial charge in [0, 0.05) is 17.7 Å². The highest BCUT2D eigenvalue weighted by atomic mass is 32.2. The first-order valence-electron chi connectivity index (χ1n) is 9.54. The fourth-order valence-corrected chi connectivity index (χ4v) is 5.11. The molecule has 0 atom stereocenters. The van der Waals surface area contributed by atoms with Crippen molar-refractivity contribution in [2.75, 3.05) is 11.1 Å². The maximum Gasteiger partial charge on any atom is 0.296 e. The van der Waals surface area contributed by atoms with Gasteiger partial charge < -0.3 is 16.8 Å². The molecule has 0 saturated heterocycles. The molecular weight excluding hydrogens is 486 g/mol. The van der Waals surface area contributed by atoms with E-state index in [2.05, 4.69) is 5.32 Å². The maximum absolute atomic E-state index is 13.3.